The number of ether oxygens (including phenoxy) is 1. The molecule has 3 aromatic rings. The van der Waals surface area contributed by atoms with E-state index in [1.165, 1.54) is 32.1 Å². The molecule has 14 heteroatoms. The van der Waals surface area contributed by atoms with E-state index in [1.807, 2.05) is 46.1 Å². The zero-order valence-corrected chi connectivity index (χ0v) is 28.7. The Labute approximate surface area is 289 Å². The van der Waals surface area contributed by atoms with Crippen LogP contribution in [-0.2, 0) is 34.0 Å². The molecule has 266 valence electrons. The molecule has 0 spiro atoms. The average Bonchev–Trinajstić information content (AvgIpc) is 3.59. The molecule has 1 aromatic carbocycles. The predicted octanol–water partition coefficient (Wildman–Crippen LogP) is 3.12. The van der Waals surface area contributed by atoms with Crippen molar-refractivity contribution in [2.24, 2.45) is 0 Å². The lowest BCUT2D eigenvalue weighted by atomic mass is 9.95. The first-order chi connectivity index (χ1) is 24.0. The van der Waals surface area contributed by atoms with Crippen LogP contribution in [0, 0.1) is 0 Å². The van der Waals surface area contributed by atoms with Gasteiger partial charge >= 0.3 is 5.97 Å². The molecule has 0 bridgehead atoms. The summed E-state index contributed by atoms with van der Waals surface area (Å²) in [4.78, 5) is 37.8. The zero-order valence-electron chi connectivity index (χ0n) is 28.7. The van der Waals surface area contributed by atoms with E-state index in [1.54, 1.807) is 6.07 Å². The van der Waals surface area contributed by atoms with Gasteiger partial charge in [0.05, 0.1) is 12.7 Å². The zero-order chi connectivity index (χ0) is 34.1. The second kappa shape index (κ2) is 19.6. The van der Waals surface area contributed by atoms with Gasteiger partial charge < -0.3 is 36.2 Å². The number of esters is 1. The summed E-state index contributed by atoms with van der Waals surface area (Å²) in [5.41, 5.74) is 7.87. The molecule has 0 radical (unpaired) electrons. The molecule has 2 aromatic heterocycles. The number of carbonyl (C=O) groups is 2. The lowest BCUT2D eigenvalue weighted by Crippen LogP contribution is -2.49. The fourth-order valence-electron chi connectivity index (χ4n) is 6.25. The van der Waals surface area contributed by atoms with Crippen LogP contribution < -0.4 is 26.6 Å². The molecule has 5 N–H and O–H groups in total. The Bertz CT molecular complexity index is 1420. The summed E-state index contributed by atoms with van der Waals surface area (Å²) >= 11 is 0. The fraction of sp³-hybridized carbons (Fsp3) is 0.600. The van der Waals surface area contributed by atoms with Crippen molar-refractivity contribution < 1.29 is 14.3 Å². The molecule has 1 saturated heterocycles. The van der Waals surface area contributed by atoms with Gasteiger partial charge in [-0.3, -0.25) is 14.3 Å². The van der Waals surface area contributed by atoms with E-state index in [0.717, 1.165) is 56.3 Å². The van der Waals surface area contributed by atoms with Gasteiger partial charge in [-0.2, -0.15) is 9.97 Å². The molecule has 1 aliphatic carbocycles. The van der Waals surface area contributed by atoms with Crippen molar-refractivity contribution in [3.8, 4) is 0 Å². The van der Waals surface area contributed by atoms with Gasteiger partial charge in [0.1, 0.15) is 23.9 Å². The Morgan fingerprint density at radius 2 is 1.71 bits per heavy atom. The van der Waals surface area contributed by atoms with Crippen LogP contribution in [-0.4, -0.2) is 93.6 Å². The van der Waals surface area contributed by atoms with Crippen LogP contribution in [0.5, 0.6) is 0 Å². The van der Waals surface area contributed by atoms with Crippen molar-refractivity contribution in [1.29, 1.82) is 0 Å². The highest BCUT2D eigenvalue weighted by atomic mass is 16.5. The standard InChI is InChI=1S/C35H53N11O3/c36-31-24-32(44-20-22-45(23-21-44)33(47)14-7-15-34(48)49-27-28-10-3-1-4-11-28)41-35(40-31)39-25-30-26-46(43-42-30)19-9-17-37-16-8-18-38-29-12-5-2-6-13-29/h1,3-4,10-11,24,26,29,37-38H,2,5-9,12-23,25,27H2,(H3,36,39,40,41). The van der Waals surface area contributed by atoms with E-state index in [0.29, 0.717) is 63.1 Å². The van der Waals surface area contributed by atoms with Crippen LogP contribution in [0.2, 0.25) is 0 Å². The lowest BCUT2D eigenvalue weighted by molar-refractivity contribution is -0.145. The summed E-state index contributed by atoms with van der Waals surface area (Å²) in [5.74, 6) is 1.25. The smallest absolute Gasteiger partial charge is 0.306 e. The third kappa shape index (κ3) is 12.6. The first-order valence-corrected chi connectivity index (χ1v) is 18.0. The molecular formula is C35H53N11O3. The maximum atomic E-state index is 12.8. The van der Waals surface area contributed by atoms with Crippen molar-refractivity contribution in [3.63, 3.8) is 0 Å². The largest absolute Gasteiger partial charge is 0.461 e. The van der Waals surface area contributed by atoms with E-state index in [4.69, 9.17) is 10.5 Å². The summed E-state index contributed by atoms with van der Waals surface area (Å²) < 4.78 is 7.18. The molecule has 5 rings (SSSR count). The van der Waals surface area contributed by atoms with Crippen LogP contribution in [0.1, 0.15) is 75.5 Å². The van der Waals surface area contributed by atoms with Crippen LogP contribution in [0.25, 0.3) is 0 Å². The molecule has 49 heavy (non-hydrogen) atoms. The number of aromatic nitrogens is 5. The van der Waals surface area contributed by atoms with Crippen molar-refractivity contribution in [1.82, 2.24) is 40.5 Å². The van der Waals surface area contributed by atoms with E-state index in [9.17, 15) is 9.59 Å². The summed E-state index contributed by atoms with van der Waals surface area (Å²) in [6.45, 7) is 6.93. The Morgan fingerprint density at radius 3 is 2.53 bits per heavy atom. The molecule has 1 saturated carbocycles. The SMILES string of the molecule is Nc1cc(N2CCN(C(=O)CCCC(=O)OCc3ccccc3)CC2)nc(NCc2cn(CCCNCCCNC3CCCCC3)nn2)n1. The monoisotopic (exact) mass is 675 g/mol. The number of nitrogens with two attached hydrogens (primary N) is 1. The van der Waals surface area contributed by atoms with Crippen LogP contribution in [0.4, 0.5) is 17.6 Å². The Morgan fingerprint density at radius 1 is 0.918 bits per heavy atom. The normalized spacial score (nSPS) is 15.3. The Hall–Kier alpha value is -4.30. The third-order valence-corrected chi connectivity index (χ3v) is 9.03. The molecule has 14 nitrogen and oxygen atoms in total. The summed E-state index contributed by atoms with van der Waals surface area (Å²) in [5, 5.41) is 19.0. The number of rotatable bonds is 19. The molecule has 0 atom stereocenters. The van der Waals surface area contributed by atoms with Gasteiger partial charge in [-0.25, -0.2) is 0 Å². The highest BCUT2D eigenvalue weighted by Crippen LogP contribution is 2.20. The van der Waals surface area contributed by atoms with Crippen LogP contribution in [0.15, 0.2) is 42.6 Å². The Kier molecular flexibility index (Phi) is 14.4. The second-order valence-electron chi connectivity index (χ2n) is 12.9. The van der Waals surface area contributed by atoms with Crippen LogP contribution >= 0.6 is 0 Å². The van der Waals surface area contributed by atoms with E-state index in [2.05, 4.69) is 41.1 Å². The van der Waals surface area contributed by atoms with E-state index >= 15 is 0 Å². The van der Waals surface area contributed by atoms with Gasteiger partial charge in [0, 0.05) is 57.7 Å². The molecule has 3 heterocycles. The highest BCUT2D eigenvalue weighted by molar-refractivity contribution is 5.77. The number of hydrogen-bond donors (Lipinski definition) is 4. The number of amides is 1. The summed E-state index contributed by atoms with van der Waals surface area (Å²) in [7, 11) is 0. The summed E-state index contributed by atoms with van der Waals surface area (Å²) in [6.07, 6.45) is 11.9. The van der Waals surface area contributed by atoms with Gasteiger partial charge in [0.25, 0.3) is 0 Å². The summed E-state index contributed by atoms with van der Waals surface area (Å²) in [6, 6.07) is 12.0. The molecule has 0 unspecified atom stereocenters. The minimum absolute atomic E-state index is 0.0435. The number of carbonyl (C=O) groups excluding carboxylic acids is 2. The quantitative estimate of drug-likeness (QED) is 0.108. The molecule has 1 aliphatic heterocycles. The number of hydrogen-bond acceptors (Lipinski definition) is 12. The number of benzene rings is 1. The minimum Gasteiger partial charge on any atom is -0.461 e. The fourth-order valence-corrected chi connectivity index (χ4v) is 6.25. The van der Waals surface area contributed by atoms with Crippen molar-refractivity contribution >= 4 is 29.5 Å². The molecular weight excluding hydrogens is 622 g/mol. The number of nitrogen functional groups attached to an aromatic ring is 1. The van der Waals surface area contributed by atoms with Crippen molar-refractivity contribution in [2.75, 3.05) is 61.8 Å². The maximum absolute atomic E-state index is 12.8. The van der Waals surface area contributed by atoms with Crippen molar-refractivity contribution in [3.05, 3.63) is 53.9 Å². The number of piperazine rings is 1. The van der Waals surface area contributed by atoms with Gasteiger partial charge in [-0.05, 0) is 57.3 Å². The predicted molar refractivity (Wildman–Crippen MR) is 190 cm³/mol. The highest BCUT2D eigenvalue weighted by Gasteiger charge is 2.23. The van der Waals surface area contributed by atoms with Crippen molar-refractivity contribution in [2.45, 2.75) is 89.9 Å². The first kappa shape index (κ1) is 36.0. The number of nitrogens with one attached hydrogen (secondary N) is 3. The first-order valence-electron chi connectivity index (χ1n) is 18.0. The lowest BCUT2D eigenvalue weighted by Gasteiger charge is -2.35. The van der Waals surface area contributed by atoms with Gasteiger partial charge in [0.2, 0.25) is 11.9 Å². The van der Waals surface area contributed by atoms with Crippen LogP contribution in [0.3, 0.4) is 0 Å². The molecule has 2 aliphatic rings. The number of aryl methyl sites for hydroxylation is 1. The molecule has 1 amide bonds. The maximum Gasteiger partial charge on any atom is 0.306 e. The number of nitrogens with zero attached hydrogens (tertiary/aromatic N) is 7. The number of anilines is 3. The Balaban J connectivity index is 0.943. The van der Waals surface area contributed by atoms with Gasteiger partial charge in [-0.1, -0.05) is 54.8 Å². The minimum atomic E-state index is -0.289. The van der Waals surface area contributed by atoms with Gasteiger partial charge in [0.15, 0.2) is 0 Å². The van der Waals surface area contributed by atoms with E-state index in [-0.39, 0.29) is 24.9 Å². The third-order valence-electron chi connectivity index (χ3n) is 9.03. The molecule has 2 fully saturated rings. The topological polar surface area (TPSA) is 168 Å². The average molecular weight is 676 g/mol. The van der Waals surface area contributed by atoms with E-state index < -0.39 is 0 Å². The van der Waals surface area contributed by atoms with Gasteiger partial charge in [-0.15, -0.1) is 5.10 Å². The second-order valence-corrected chi connectivity index (χ2v) is 12.9.